The van der Waals surface area contributed by atoms with Gasteiger partial charge in [-0.05, 0) is 47.2 Å². The first kappa shape index (κ1) is 14.0. The number of ether oxygens (including phenoxy) is 1. The summed E-state index contributed by atoms with van der Waals surface area (Å²) in [7, 11) is 1.77. The molecule has 0 radical (unpaired) electrons. The summed E-state index contributed by atoms with van der Waals surface area (Å²) in [6, 6.07) is 8.70. The van der Waals surface area contributed by atoms with Gasteiger partial charge in [0.15, 0.2) is 11.6 Å². The lowest BCUT2D eigenvalue weighted by atomic mass is 10.2. The molecule has 5 heteroatoms. The molecule has 2 rings (SSSR count). The SMILES string of the molecule is CNCc1cccc(F)c1Oc1ccc(F)cc1Br. The predicted molar refractivity (Wildman–Crippen MR) is 73.3 cm³/mol. The second kappa shape index (κ2) is 6.12. The highest BCUT2D eigenvalue weighted by atomic mass is 79.9. The Labute approximate surface area is 118 Å². The molecule has 2 nitrogen and oxygen atoms in total. The fraction of sp³-hybridized carbons (Fsp3) is 0.143. The van der Waals surface area contributed by atoms with Crippen molar-refractivity contribution < 1.29 is 13.5 Å². The second-order valence-corrected chi connectivity index (χ2v) is 4.79. The van der Waals surface area contributed by atoms with Crippen LogP contribution in [0, 0.1) is 11.6 Å². The summed E-state index contributed by atoms with van der Waals surface area (Å²) in [5, 5.41) is 2.94. The van der Waals surface area contributed by atoms with Crippen LogP contribution in [0.25, 0.3) is 0 Å². The van der Waals surface area contributed by atoms with Crippen molar-refractivity contribution in [3.05, 3.63) is 58.1 Å². The topological polar surface area (TPSA) is 21.3 Å². The maximum Gasteiger partial charge on any atom is 0.167 e. The summed E-state index contributed by atoms with van der Waals surface area (Å²) in [4.78, 5) is 0. The minimum atomic E-state index is -0.455. The molecule has 0 spiro atoms. The van der Waals surface area contributed by atoms with E-state index in [1.165, 1.54) is 24.3 Å². The van der Waals surface area contributed by atoms with Crippen molar-refractivity contribution in [1.82, 2.24) is 5.32 Å². The number of benzene rings is 2. The van der Waals surface area contributed by atoms with Gasteiger partial charge in [-0.3, -0.25) is 0 Å². The van der Waals surface area contributed by atoms with Crippen LogP contribution in [-0.4, -0.2) is 7.05 Å². The lowest BCUT2D eigenvalue weighted by Gasteiger charge is -2.13. The predicted octanol–water partition coefficient (Wildman–Crippen LogP) is 4.24. The van der Waals surface area contributed by atoms with E-state index in [4.69, 9.17) is 4.74 Å². The summed E-state index contributed by atoms with van der Waals surface area (Å²) < 4.78 is 32.8. The molecule has 0 heterocycles. The fourth-order valence-corrected chi connectivity index (χ4v) is 2.10. The van der Waals surface area contributed by atoms with E-state index in [1.807, 2.05) is 0 Å². The van der Waals surface area contributed by atoms with Gasteiger partial charge < -0.3 is 10.1 Å². The van der Waals surface area contributed by atoms with E-state index in [0.717, 1.165) is 0 Å². The summed E-state index contributed by atoms with van der Waals surface area (Å²) in [5.74, 6) is -0.333. The highest BCUT2D eigenvalue weighted by Gasteiger charge is 2.12. The zero-order chi connectivity index (χ0) is 13.8. The quantitative estimate of drug-likeness (QED) is 0.906. The first-order chi connectivity index (χ1) is 9.11. The van der Waals surface area contributed by atoms with Gasteiger partial charge in [0.05, 0.1) is 4.47 Å². The summed E-state index contributed by atoms with van der Waals surface area (Å²) in [5.41, 5.74) is 0.693. The van der Waals surface area contributed by atoms with Gasteiger partial charge in [-0.15, -0.1) is 0 Å². The lowest BCUT2D eigenvalue weighted by molar-refractivity contribution is 0.431. The van der Waals surface area contributed by atoms with Crippen molar-refractivity contribution in [1.29, 1.82) is 0 Å². The molecule has 0 saturated carbocycles. The van der Waals surface area contributed by atoms with Crippen molar-refractivity contribution in [2.24, 2.45) is 0 Å². The molecule has 0 bridgehead atoms. The smallest absolute Gasteiger partial charge is 0.167 e. The van der Waals surface area contributed by atoms with Gasteiger partial charge in [-0.25, -0.2) is 8.78 Å². The van der Waals surface area contributed by atoms with Gasteiger partial charge in [-0.2, -0.15) is 0 Å². The zero-order valence-electron chi connectivity index (χ0n) is 10.2. The Balaban J connectivity index is 2.37. The number of hydrogen-bond donors (Lipinski definition) is 1. The van der Waals surface area contributed by atoms with E-state index < -0.39 is 5.82 Å². The van der Waals surface area contributed by atoms with Crippen molar-refractivity contribution in [3.63, 3.8) is 0 Å². The molecule has 0 unspecified atom stereocenters. The van der Waals surface area contributed by atoms with Crippen molar-refractivity contribution in [2.45, 2.75) is 6.54 Å². The number of hydrogen-bond acceptors (Lipinski definition) is 2. The molecular formula is C14H12BrF2NO. The first-order valence-electron chi connectivity index (χ1n) is 5.66. The Hall–Kier alpha value is -1.46. The van der Waals surface area contributed by atoms with Crippen LogP contribution < -0.4 is 10.1 Å². The highest BCUT2D eigenvalue weighted by Crippen LogP contribution is 2.33. The number of para-hydroxylation sites is 1. The molecule has 1 N–H and O–H groups in total. The number of halogens is 3. The molecule has 0 aliphatic carbocycles. The van der Waals surface area contributed by atoms with Crippen LogP contribution in [0.2, 0.25) is 0 Å². The number of rotatable bonds is 4. The first-order valence-corrected chi connectivity index (χ1v) is 6.46. The maximum atomic E-state index is 13.8. The summed E-state index contributed by atoms with van der Waals surface area (Å²) in [6.45, 7) is 0.478. The third-order valence-electron chi connectivity index (χ3n) is 2.52. The Morgan fingerprint density at radius 2 is 2.00 bits per heavy atom. The monoisotopic (exact) mass is 327 g/mol. The highest BCUT2D eigenvalue weighted by molar-refractivity contribution is 9.10. The normalized spacial score (nSPS) is 10.5. The Morgan fingerprint density at radius 1 is 1.21 bits per heavy atom. The largest absolute Gasteiger partial charge is 0.453 e. The molecule has 2 aromatic rings. The molecule has 2 aromatic carbocycles. The standard InChI is InChI=1S/C14H12BrF2NO/c1-18-8-9-3-2-4-12(17)14(9)19-13-6-5-10(16)7-11(13)15/h2-7,18H,8H2,1H3. The molecule has 100 valence electrons. The van der Waals surface area contributed by atoms with Crippen LogP contribution in [-0.2, 0) is 6.54 Å². The second-order valence-electron chi connectivity index (χ2n) is 3.94. The van der Waals surface area contributed by atoms with Crippen LogP contribution in [0.4, 0.5) is 8.78 Å². The Morgan fingerprint density at radius 3 is 2.68 bits per heavy atom. The molecule has 0 saturated heterocycles. The van der Waals surface area contributed by atoms with Crippen molar-refractivity contribution in [2.75, 3.05) is 7.05 Å². The van der Waals surface area contributed by atoms with E-state index >= 15 is 0 Å². The summed E-state index contributed by atoms with van der Waals surface area (Å²) in [6.07, 6.45) is 0. The zero-order valence-corrected chi connectivity index (χ0v) is 11.8. The Bertz CT molecular complexity index is 590. The third-order valence-corrected chi connectivity index (χ3v) is 3.14. The van der Waals surface area contributed by atoms with Crippen LogP contribution >= 0.6 is 15.9 Å². The molecular weight excluding hydrogens is 316 g/mol. The minimum absolute atomic E-state index is 0.143. The van der Waals surface area contributed by atoms with Gasteiger partial charge in [0.2, 0.25) is 0 Å². The third kappa shape index (κ3) is 3.30. The molecule has 0 atom stereocenters. The van der Waals surface area contributed by atoms with Crippen molar-refractivity contribution in [3.8, 4) is 11.5 Å². The van der Waals surface area contributed by atoms with Gasteiger partial charge in [0.25, 0.3) is 0 Å². The molecule has 0 amide bonds. The molecule has 0 aliphatic heterocycles. The van der Waals surface area contributed by atoms with Crippen LogP contribution in [0.1, 0.15) is 5.56 Å². The van der Waals surface area contributed by atoms with Gasteiger partial charge in [-0.1, -0.05) is 12.1 Å². The van der Waals surface area contributed by atoms with E-state index in [9.17, 15) is 8.78 Å². The van der Waals surface area contributed by atoms with Crippen LogP contribution in [0.5, 0.6) is 11.5 Å². The minimum Gasteiger partial charge on any atom is -0.453 e. The lowest BCUT2D eigenvalue weighted by Crippen LogP contribution is -2.07. The van der Waals surface area contributed by atoms with Crippen LogP contribution in [0.15, 0.2) is 40.9 Å². The van der Waals surface area contributed by atoms with Gasteiger partial charge in [0.1, 0.15) is 11.6 Å². The van der Waals surface area contributed by atoms with Gasteiger partial charge in [0, 0.05) is 12.1 Å². The average molecular weight is 328 g/mol. The Kier molecular flexibility index (Phi) is 4.50. The average Bonchev–Trinajstić information content (AvgIpc) is 2.36. The van der Waals surface area contributed by atoms with E-state index in [-0.39, 0.29) is 11.6 Å². The van der Waals surface area contributed by atoms with E-state index in [2.05, 4.69) is 21.2 Å². The molecule has 0 aliphatic rings. The number of nitrogens with one attached hydrogen (secondary N) is 1. The van der Waals surface area contributed by atoms with E-state index in [1.54, 1.807) is 19.2 Å². The van der Waals surface area contributed by atoms with E-state index in [0.29, 0.717) is 22.3 Å². The van der Waals surface area contributed by atoms with Gasteiger partial charge >= 0.3 is 0 Å². The fourth-order valence-electron chi connectivity index (χ4n) is 1.67. The van der Waals surface area contributed by atoms with Crippen molar-refractivity contribution >= 4 is 15.9 Å². The molecule has 0 aromatic heterocycles. The van der Waals surface area contributed by atoms with Crippen LogP contribution in [0.3, 0.4) is 0 Å². The molecule has 19 heavy (non-hydrogen) atoms. The summed E-state index contributed by atoms with van der Waals surface area (Å²) >= 11 is 3.19. The molecule has 0 fully saturated rings. The maximum absolute atomic E-state index is 13.8.